The molecule has 1 saturated heterocycles. The number of carbonyl (C=O) groups is 1. The van der Waals surface area contributed by atoms with Crippen molar-refractivity contribution >= 4 is 5.91 Å². The molecule has 132 valence electrons. The van der Waals surface area contributed by atoms with Gasteiger partial charge in [0, 0.05) is 18.7 Å². The Morgan fingerprint density at radius 1 is 0.958 bits per heavy atom. The van der Waals surface area contributed by atoms with Crippen molar-refractivity contribution in [1.82, 2.24) is 4.90 Å². The highest BCUT2D eigenvalue weighted by Crippen LogP contribution is 2.36. The fraction of sp³-hybridized carbons (Fsp3) is 0.500. The van der Waals surface area contributed by atoms with Crippen LogP contribution in [0.5, 0.6) is 0 Å². The molecule has 0 atom stereocenters. The van der Waals surface area contributed by atoms with Crippen LogP contribution in [0.3, 0.4) is 0 Å². The van der Waals surface area contributed by atoms with E-state index in [0.29, 0.717) is 12.1 Å². The predicted molar refractivity (Wildman–Crippen MR) is 71.2 cm³/mol. The molecule has 4 nitrogen and oxygen atoms in total. The third-order valence-electron chi connectivity index (χ3n) is 3.74. The molecule has 1 aromatic carbocycles. The van der Waals surface area contributed by atoms with E-state index in [1.165, 1.54) is 0 Å². The van der Waals surface area contributed by atoms with Gasteiger partial charge in [0.1, 0.15) is 0 Å². The second kappa shape index (κ2) is 6.40. The number of hydrogen-bond acceptors (Lipinski definition) is 3. The van der Waals surface area contributed by atoms with Crippen molar-refractivity contribution in [3.05, 3.63) is 39.8 Å². The number of halogens is 6. The summed E-state index contributed by atoms with van der Waals surface area (Å²) in [5.74, 6) is -0.934. The maximum absolute atomic E-state index is 12.8. The molecule has 0 bridgehead atoms. The average Bonchev–Trinajstić information content (AvgIpc) is 2.52. The van der Waals surface area contributed by atoms with Crippen LogP contribution in [0, 0.1) is 4.91 Å². The van der Waals surface area contributed by atoms with E-state index in [0.717, 1.165) is 4.90 Å². The standard InChI is InChI=1S/C14H12F6N2O2/c15-13(16,17)9-5-8(6-10(7-9)14(18,19)20)12(23)22-3-1-11(21-24)2-4-22/h5-7,11H,1-4H2. The summed E-state index contributed by atoms with van der Waals surface area (Å²) < 4.78 is 76.8. The molecule has 10 heteroatoms. The van der Waals surface area contributed by atoms with E-state index in [-0.39, 0.29) is 32.0 Å². The molecule has 0 radical (unpaired) electrons. The van der Waals surface area contributed by atoms with Gasteiger partial charge in [-0.3, -0.25) is 4.79 Å². The Balaban J connectivity index is 2.35. The summed E-state index contributed by atoms with van der Waals surface area (Å²) in [6.45, 7) is 0.0969. The second-order valence-corrected chi connectivity index (χ2v) is 5.42. The molecule has 24 heavy (non-hydrogen) atoms. The highest BCUT2D eigenvalue weighted by Gasteiger charge is 2.38. The van der Waals surface area contributed by atoms with E-state index in [2.05, 4.69) is 5.18 Å². The van der Waals surface area contributed by atoms with Gasteiger partial charge in [-0.25, -0.2) is 0 Å². The van der Waals surface area contributed by atoms with Crippen LogP contribution >= 0.6 is 0 Å². The number of piperidine rings is 1. The molecule has 1 aromatic rings. The Morgan fingerprint density at radius 3 is 1.79 bits per heavy atom. The molecule has 2 rings (SSSR count). The largest absolute Gasteiger partial charge is 0.416 e. The molecule has 0 spiro atoms. The lowest BCUT2D eigenvalue weighted by Gasteiger charge is -2.29. The summed E-state index contributed by atoms with van der Waals surface area (Å²) in [4.78, 5) is 23.8. The summed E-state index contributed by atoms with van der Waals surface area (Å²) in [7, 11) is 0. The zero-order chi connectivity index (χ0) is 18.1. The van der Waals surface area contributed by atoms with Crippen molar-refractivity contribution in [3.63, 3.8) is 0 Å². The van der Waals surface area contributed by atoms with Gasteiger partial charge in [0.2, 0.25) is 0 Å². The number of nitrogens with zero attached hydrogens (tertiary/aromatic N) is 2. The molecule has 1 amide bonds. The molecule has 0 N–H and O–H groups in total. The second-order valence-electron chi connectivity index (χ2n) is 5.42. The first kappa shape index (κ1) is 18.2. The molecule has 0 aliphatic carbocycles. The van der Waals surface area contributed by atoms with E-state index >= 15 is 0 Å². The van der Waals surface area contributed by atoms with Crippen LogP contribution in [0.2, 0.25) is 0 Å². The SMILES string of the molecule is O=NC1CCN(C(=O)c2cc(C(F)(F)F)cc(C(F)(F)F)c2)CC1. The average molecular weight is 354 g/mol. The van der Waals surface area contributed by atoms with Crippen LogP contribution in [0.25, 0.3) is 0 Å². The van der Waals surface area contributed by atoms with Crippen LogP contribution in [0.15, 0.2) is 23.4 Å². The van der Waals surface area contributed by atoms with Crippen molar-refractivity contribution < 1.29 is 31.1 Å². The van der Waals surface area contributed by atoms with Crippen LogP contribution in [0.4, 0.5) is 26.3 Å². The van der Waals surface area contributed by atoms with Gasteiger partial charge in [-0.1, -0.05) is 5.18 Å². The predicted octanol–water partition coefficient (Wildman–Crippen LogP) is 4.10. The first-order valence-corrected chi connectivity index (χ1v) is 6.93. The number of alkyl halides is 6. The molecule has 0 aromatic heterocycles. The van der Waals surface area contributed by atoms with Gasteiger partial charge < -0.3 is 4.90 Å². The topological polar surface area (TPSA) is 49.7 Å². The number of nitroso groups, excluding NO2 is 1. The van der Waals surface area contributed by atoms with Crippen molar-refractivity contribution in [2.75, 3.05) is 13.1 Å². The van der Waals surface area contributed by atoms with Crippen LogP contribution in [0.1, 0.15) is 34.3 Å². The van der Waals surface area contributed by atoms with Gasteiger partial charge in [0.05, 0.1) is 17.2 Å². The Kier molecular flexibility index (Phi) is 4.86. The van der Waals surface area contributed by atoms with E-state index < -0.39 is 41.0 Å². The minimum atomic E-state index is -5.01. The molecular weight excluding hydrogens is 342 g/mol. The third-order valence-corrected chi connectivity index (χ3v) is 3.74. The van der Waals surface area contributed by atoms with Crippen molar-refractivity contribution in [2.45, 2.75) is 31.2 Å². The van der Waals surface area contributed by atoms with Crippen LogP contribution in [-0.4, -0.2) is 29.9 Å². The van der Waals surface area contributed by atoms with E-state index in [1.54, 1.807) is 0 Å². The van der Waals surface area contributed by atoms with E-state index in [4.69, 9.17) is 0 Å². The molecule has 0 saturated carbocycles. The lowest BCUT2D eigenvalue weighted by atomic mass is 10.0. The summed E-state index contributed by atoms with van der Waals surface area (Å²) in [6, 6.07) is 0.282. The zero-order valence-electron chi connectivity index (χ0n) is 12.1. The fourth-order valence-corrected chi connectivity index (χ4v) is 2.44. The molecule has 1 aliphatic rings. The fourth-order valence-electron chi connectivity index (χ4n) is 2.44. The maximum atomic E-state index is 12.8. The van der Waals surface area contributed by atoms with Gasteiger partial charge in [0.15, 0.2) is 0 Å². The lowest BCUT2D eigenvalue weighted by molar-refractivity contribution is -0.143. The van der Waals surface area contributed by atoms with Gasteiger partial charge >= 0.3 is 12.4 Å². The number of rotatable bonds is 2. The monoisotopic (exact) mass is 354 g/mol. The van der Waals surface area contributed by atoms with Crippen LogP contribution in [-0.2, 0) is 12.4 Å². The van der Waals surface area contributed by atoms with Gasteiger partial charge in [-0.2, -0.15) is 31.2 Å². The van der Waals surface area contributed by atoms with E-state index in [1.807, 2.05) is 0 Å². The normalized spacial score (nSPS) is 17.0. The molecule has 1 heterocycles. The summed E-state index contributed by atoms with van der Waals surface area (Å²) in [5, 5.41) is 2.82. The van der Waals surface area contributed by atoms with Gasteiger partial charge in [-0.05, 0) is 31.0 Å². The number of amides is 1. The molecular formula is C14H12F6N2O2. The summed E-state index contributed by atoms with van der Waals surface area (Å²) in [6.07, 6.45) is -9.57. The number of likely N-dealkylation sites (tertiary alicyclic amines) is 1. The van der Waals surface area contributed by atoms with E-state index in [9.17, 15) is 36.0 Å². The quantitative estimate of drug-likeness (QED) is 0.593. The van der Waals surface area contributed by atoms with Crippen LogP contribution < -0.4 is 0 Å². The van der Waals surface area contributed by atoms with Crippen molar-refractivity contribution in [3.8, 4) is 0 Å². The molecule has 1 fully saturated rings. The highest BCUT2D eigenvalue weighted by molar-refractivity contribution is 5.94. The molecule has 0 unspecified atom stereocenters. The number of benzene rings is 1. The first-order chi connectivity index (χ1) is 11.0. The number of hydrogen-bond donors (Lipinski definition) is 0. The Labute approximate surface area is 132 Å². The minimum absolute atomic E-state index is 0.0284. The molecule has 1 aliphatic heterocycles. The van der Waals surface area contributed by atoms with Gasteiger partial charge in [-0.15, -0.1) is 0 Å². The third kappa shape index (κ3) is 4.04. The van der Waals surface area contributed by atoms with Gasteiger partial charge in [0.25, 0.3) is 5.91 Å². The Bertz CT molecular complexity index is 601. The Morgan fingerprint density at radius 2 is 1.42 bits per heavy atom. The number of carbonyl (C=O) groups excluding carboxylic acids is 1. The Hall–Kier alpha value is -2.13. The zero-order valence-corrected chi connectivity index (χ0v) is 12.1. The highest BCUT2D eigenvalue weighted by atomic mass is 19.4. The first-order valence-electron chi connectivity index (χ1n) is 6.93. The van der Waals surface area contributed by atoms with Crippen molar-refractivity contribution in [2.24, 2.45) is 5.18 Å². The lowest BCUT2D eigenvalue weighted by Crippen LogP contribution is -2.39. The summed E-state index contributed by atoms with van der Waals surface area (Å²) >= 11 is 0. The summed E-state index contributed by atoms with van der Waals surface area (Å²) in [5.41, 5.74) is -3.76. The maximum Gasteiger partial charge on any atom is 0.416 e. The minimum Gasteiger partial charge on any atom is -0.338 e. The smallest absolute Gasteiger partial charge is 0.338 e. The van der Waals surface area contributed by atoms with Crippen molar-refractivity contribution in [1.29, 1.82) is 0 Å².